The second-order valence-corrected chi connectivity index (χ2v) is 5.75. The molecule has 3 rings (SSSR count). The Labute approximate surface area is 109 Å². The smallest absolute Gasteiger partial charge is 0.243 e. The van der Waals surface area contributed by atoms with Gasteiger partial charge in [0.25, 0.3) is 10.0 Å². The fourth-order valence-corrected chi connectivity index (χ4v) is 3.17. The van der Waals surface area contributed by atoms with E-state index in [0.717, 1.165) is 3.97 Å². The van der Waals surface area contributed by atoms with Crippen molar-refractivity contribution in [2.45, 2.75) is 5.03 Å². The molecular formula is C13H9FN2O2S. The molecular weight excluding hydrogens is 267 g/mol. The number of aromatic nitrogens is 2. The molecule has 2 heterocycles. The van der Waals surface area contributed by atoms with E-state index in [-0.39, 0.29) is 5.03 Å². The lowest BCUT2D eigenvalue weighted by Gasteiger charge is -2.06. The minimum absolute atomic E-state index is 0.0724. The van der Waals surface area contributed by atoms with Gasteiger partial charge in [-0.25, -0.2) is 13.3 Å². The number of hydrogen-bond acceptors (Lipinski definition) is 3. The quantitative estimate of drug-likeness (QED) is 0.722. The number of halogens is 1. The first kappa shape index (κ1) is 11.9. The predicted molar refractivity (Wildman–Crippen MR) is 68.7 cm³/mol. The van der Waals surface area contributed by atoms with Crippen LogP contribution in [0.4, 0.5) is 4.39 Å². The van der Waals surface area contributed by atoms with Crippen molar-refractivity contribution in [3.05, 3.63) is 60.7 Å². The molecule has 2 aromatic heterocycles. The molecule has 0 atom stereocenters. The second-order valence-electron chi connectivity index (χ2n) is 3.99. The van der Waals surface area contributed by atoms with Gasteiger partial charge in [-0.3, -0.25) is 0 Å². The van der Waals surface area contributed by atoms with Gasteiger partial charge in [-0.05, 0) is 36.4 Å². The molecule has 0 fully saturated rings. The van der Waals surface area contributed by atoms with Crippen LogP contribution in [0.5, 0.6) is 0 Å². The average Bonchev–Trinajstić information content (AvgIpc) is 2.83. The first-order valence-corrected chi connectivity index (χ1v) is 6.96. The van der Waals surface area contributed by atoms with E-state index < -0.39 is 15.8 Å². The van der Waals surface area contributed by atoms with Crippen LogP contribution in [0.15, 0.2) is 59.9 Å². The van der Waals surface area contributed by atoms with Gasteiger partial charge < -0.3 is 0 Å². The summed E-state index contributed by atoms with van der Waals surface area (Å²) in [4.78, 5) is 3.83. The van der Waals surface area contributed by atoms with Crippen LogP contribution in [-0.4, -0.2) is 17.4 Å². The summed E-state index contributed by atoms with van der Waals surface area (Å²) in [5, 5.41) is 0.581. The predicted octanol–water partition coefficient (Wildman–Crippen LogP) is 2.41. The molecule has 0 aliphatic rings. The molecule has 0 aliphatic heterocycles. The van der Waals surface area contributed by atoms with Gasteiger partial charge >= 0.3 is 0 Å². The first-order valence-electron chi connectivity index (χ1n) is 5.52. The zero-order chi connectivity index (χ0) is 13.5. The maximum atomic E-state index is 13.3. The van der Waals surface area contributed by atoms with Gasteiger partial charge in [-0.2, -0.15) is 8.42 Å². The van der Waals surface area contributed by atoms with Crippen LogP contribution in [0.3, 0.4) is 0 Å². The van der Waals surface area contributed by atoms with Crippen LogP contribution in [-0.2, 0) is 10.0 Å². The maximum Gasteiger partial charge on any atom is 0.285 e. The second kappa shape index (κ2) is 4.17. The topological polar surface area (TPSA) is 52.0 Å². The summed E-state index contributed by atoms with van der Waals surface area (Å²) in [5.74, 6) is -0.483. The van der Waals surface area contributed by atoms with Crippen LogP contribution in [0.1, 0.15) is 0 Å². The highest BCUT2D eigenvalue weighted by Gasteiger charge is 2.19. The van der Waals surface area contributed by atoms with Gasteiger partial charge in [0.1, 0.15) is 5.82 Å². The molecule has 1 aromatic carbocycles. The summed E-state index contributed by atoms with van der Waals surface area (Å²) in [6.07, 6.45) is 2.80. The van der Waals surface area contributed by atoms with E-state index in [9.17, 15) is 12.8 Å². The van der Waals surface area contributed by atoms with Gasteiger partial charge in [0.15, 0.2) is 5.03 Å². The number of hydrogen-bond donors (Lipinski definition) is 0. The van der Waals surface area contributed by atoms with E-state index in [1.54, 1.807) is 18.2 Å². The lowest BCUT2D eigenvalue weighted by molar-refractivity contribution is 0.585. The number of pyridine rings is 1. The summed E-state index contributed by atoms with van der Waals surface area (Å²) >= 11 is 0. The minimum Gasteiger partial charge on any atom is -0.243 e. The summed E-state index contributed by atoms with van der Waals surface area (Å²) in [6.45, 7) is 0. The Bertz CT molecular complexity index is 841. The molecule has 3 aromatic rings. The Morgan fingerprint density at radius 1 is 1.11 bits per heavy atom. The van der Waals surface area contributed by atoms with Crippen molar-refractivity contribution in [1.29, 1.82) is 0 Å². The Kier molecular flexibility index (Phi) is 2.60. The van der Waals surface area contributed by atoms with E-state index in [1.807, 2.05) is 0 Å². The highest BCUT2D eigenvalue weighted by Crippen LogP contribution is 2.21. The fraction of sp³-hybridized carbons (Fsp3) is 0. The van der Waals surface area contributed by atoms with Crippen LogP contribution in [0.25, 0.3) is 10.9 Å². The van der Waals surface area contributed by atoms with E-state index in [0.29, 0.717) is 10.9 Å². The largest absolute Gasteiger partial charge is 0.285 e. The summed E-state index contributed by atoms with van der Waals surface area (Å²) in [7, 11) is -3.80. The monoisotopic (exact) mass is 276 g/mol. The molecule has 4 nitrogen and oxygen atoms in total. The highest BCUT2D eigenvalue weighted by molar-refractivity contribution is 7.90. The molecule has 0 radical (unpaired) electrons. The van der Waals surface area contributed by atoms with Crippen molar-refractivity contribution >= 4 is 20.9 Å². The average molecular weight is 276 g/mol. The molecule has 6 heteroatoms. The van der Waals surface area contributed by atoms with Crippen LogP contribution < -0.4 is 0 Å². The van der Waals surface area contributed by atoms with Gasteiger partial charge in [-0.15, -0.1) is 0 Å². The van der Waals surface area contributed by atoms with Gasteiger partial charge in [0.2, 0.25) is 0 Å². The molecule has 0 amide bonds. The molecule has 96 valence electrons. The molecule has 0 N–H and O–H groups in total. The molecule has 0 bridgehead atoms. The van der Waals surface area contributed by atoms with Crippen LogP contribution in [0, 0.1) is 5.82 Å². The minimum atomic E-state index is -3.80. The standard InChI is InChI=1S/C13H9FN2O2S/c14-11-5-4-10-6-8-16(12(10)9-11)19(17,18)13-3-1-2-7-15-13/h1-9H. The number of fused-ring (bicyclic) bond motifs is 1. The number of rotatable bonds is 2. The molecule has 19 heavy (non-hydrogen) atoms. The van der Waals surface area contributed by atoms with E-state index in [2.05, 4.69) is 4.98 Å². The molecule has 0 saturated heterocycles. The summed E-state index contributed by atoms with van der Waals surface area (Å²) in [5.41, 5.74) is 0.297. The van der Waals surface area contributed by atoms with E-state index in [1.165, 1.54) is 36.7 Å². The Balaban J connectivity index is 2.28. The summed E-state index contributed by atoms with van der Waals surface area (Å²) < 4.78 is 39.1. The highest BCUT2D eigenvalue weighted by atomic mass is 32.2. The lowest BCUT2D eigenvalue weighted by Crippen LogP contribution is -2.13. The third-order valence-electron chi connectivity index (χ3n) is 2.78. The SMILES string of the molecule is O=S(=O)(c1ccccn1)n1ccc2ccc(F)cc21. The van der Waals surface area contributed by atoms with Crippen molar-refractivity contribution in [3.63, 3.8) is 0 Å². The van der Waals surface area contributed by atoms with Crippen molar-refractivity contribution in [1.82, 2.24) is 8.96 Å². The normalized spacial score (nSPS) is 11.8. The molecule has 0 unspecified atom stereocenters. The zero-order valence-electron chi connectivity index (χ0n) is 9.69. The molecule has 0 spiro atoms. The van der Waals surface area contributed by atoms with Crippen LogP contribution >= 0.6 is 0 Å². The van der Waals surface area contributed by atoms with Crippen molar-refractivity contribution in [3.8, 4) is 0 Å². The van der Waals surface area contributed by atoms with E-state index in [4.69, 9.17) is 0 Å². The van der Waals surface area contributed by atoms with E-state index >= 15 is 0 Å². The van der Waals surface area contributed by atoms with Gasteiger partial charge in [0, 0.05) is 17.8 Å². The number of benzene rings is 1. The Hall–Kier alpha value is -2.21. The third kappa shape index (κ3) is 1.90. The van der Waals surface area contributed by atoms with Crippen LogP contribution in [0.2, 0.25) is 0 Å². The molecule has 0 aliphatic carbocycles. The Morgan fingerprint density at radius 3 is 2.68 bits per heavy atom. The maximum absolute atomic E-state index is 13.3. The van der Waals surface area contributed by atoms with Gasteiger partial charge in [-0.1, -0.05) is 6.07 Å². The third-order valence-corrected chi connectivity index (χ3v) is 4.39. The van der Waals surface area contributed by atoms with Crippen molar-refractivity contribution in [2.75, 3.05) is 0 Å². The van der Waals surface area contributed by atoms with Crippen molar-refractivity contribution < 1.29 is 12.8 Å². The number of nitrogens with zero attached hydrogens (tertiary/aromatic N) is 2. The van der Waals surface area contributed by atoms with Gasteiger partial charge in [0.05, 0.1) is 5.52 Å². The van der Waals surface area contributed by atoms with Crippen molar-refractivity contribution in [2.24, 2.45) is 0 Å². The Morgan fingerprint density at radius 2 is 1.95 bits per heavy atom. The first-order chi connectivity index (χ1) is 9.09. The zero-order valence-corrected chi connectivity index (χ0v) is 10.5. The summed E-state index contributed by atoms with van der Waals surface area (Å²) in [6, 6.07) is 10.3. The lowest BCUT2D eigenvalue weighted by atomic mass is 10.2. The fourth-order valence-electron chi connectivity index (χ4n) is 1.89. The molecule has 0 saturated carbocycles.